The number of guanidine groups is 1. The van der Waals surface area contributed by atoms with Crippen LogP contribution in [0.25, 0.3) is 0 Å². The lowest BCUT2D eigenvalue weighted by molar-refractivity contribution is 0.0690. The van der Waals surface area contributed by atoms with Gasteiger partial charge in [0.15, 0.2) is 0 Å². The molecule has 6 nitrogen and oxygen atoms in total. The Bertz CT molecular complexity index is 152. The van der Waals surface area contributed by atoms with Gasteiger partial charge in [-0.1, -0.05) is 0 Å². The first-order valence-corrected chi connectivity index (χ1v) is 4.64. The van der Waals surface area contributed by atoms with Gasteiger partial charge < -0.3 is 15.2 Å². The SMILES string of the molecule is COCCOCCCCN=C(N)NN. The van der Waals surface area contributed by atoms with E-state index in [2.05, 4.69) is 10.4 Å². The van der Waals surface area contributed by atoms with E-state index in [1.165, 1.54) is 0 Å². The number of rotatable bonds is 8. The summed E-state index contributed by atoms with van der Waals surface area (Å²) in [4.78, 5) is 3.95. The molecule has 0 aliphatic heterocycles. The molecule has 0 saturated heterocycles. The number of nitrogens with zero attached hydrogens (tertiary/aromatic N) is 1. The van der Waals surface area contributed by atoms with Gasteiger partial charge in [-0.3, -0.25) is 10.4 Å². The Balaban J connectivity index is 3.06. The third-order valence-electron chi connectivity index (χ3n) is 1.56. The van der Waals surface area contributed by atoms with E-state index < -0.39 is 0 Å². The molecule has 14 heavy (non-hydrogen) atoms. The largest absolute Gasteiger partial charge is 0.382 e. The molecule has 84 valence electrons. The molecule has 0 aromatic heterocycles. The van der Waals surface area contributed by atoms with E-state index in [0.717, 1.165) is 19.4 Å². The fourth-order valence-electron chi connectivity index (χ4n) is 0.805. The number of ether oxygens (including phenoxy) is 2. The van der Waals surface area contributed by atoms with Crippen LogP contribution in [0, 0.1) is 0 Å². The van der Waals surface area contributed by atoms with E-state index in [1.807, 2.05) is 0 Å². The highest BCUT2D eigenvalue weighted by Crippen LogP contribution is 1.90. The van der Waals surface area contributed by atoms with Gasteiger partial charge in [0.1, 0.15) is 0 Å². The third kappa shape index (κ3) is 9.24. The molecule has 0 aromatic carbocycles. The Morgan fingerprint density at radius 2 is 2.07 bits per heavy atom. The molecule has 0 radical (unpaired) electrons. The molecule has 5 N–H and O–H groups in total. The summed E-state index contributed by atoms with van der Waals surface area (Å²) < 4.78 is 10.1. The zero-order chi connectivity index (χ0) is 10.6. The number of hydrogen-bond donors (Lipinski definition) is 3. The summed E-state index contributed by atoms with van der Waals surface area (Å²) in [6.45, 7) is 2.69. The first-order chi connectivity index (χ1) is 6.81. The van der Waals surface area contributed by atoms with Crippen LogP contribution in [0.4, 0.5) is 0 Å². The Morgan fingerprint density at radius 3 is 2.71 bits per heavy atom. The molecule has 0 aromatic rings. The second-order valence-corrected chi connectivity index (χ2v) is 2.72. The predicted molar refractivity (Wildman–Crippen MR) is 55.7 cm³/mol. The maximum atomic E-state index is 5.32. The first-order valence-electron chi connectivity index (χ1n) is 4.64. The molecule has 0 atom stereocenters. The molecular formula is C8H20N4O2. The number of nitrogens with two attached hydrogens (primary N) is 2. The lowest BCUT2D eigenvalue weighted by Gasteiger charge is -2.02. The lowest BCUT2D eigenvalue weighted by Crippen LogP contribution is -2.37. The third-order valence-corrected chi connectivity index (χ3v) is 1.56. The molecule has 6 heteroatoms. The quantitative estimate of drug-likeness (QED) is 0.158. The monoisotopic (exact) mass is 204 g/mol. The average Bonchev–Trinajstić information content (AvgIpc) is 2.21. The molecule has 0 amide bonds. The molecule has 0 heterocycles. The average molecular weight is 204 g/mol. The fourth-order valence-corrected chi connectivity index (χ4v) is 0.805. The summed E-state index contributed by atoms with van der Waals surface area (Å²) in [6.07, 6.45) is 1.90. The normalized spacial score (nSPS) is 11.7. The number of unbranched alkanes of at least 4 members (excludes halogenated alkanes) is 1. The van der Waals surface area contributed by atoms with Crippen molar-refractivity contribution in [2.24, 2.45) is 16.6 Å². The summed E-state index contributed by atoms with van der Waals surface area (Å²) in [7, 11) is 1.65. The minimum atomic E-state index is 0.269. The Labute approximate surface area is 84.6 Å². The van der Waals surface area contributed by atoms with E-state index in [1.54, 1.807) is 7.11 Å². The first kappa shape index (κ1) is 13.2. The molecule has 0 saturated carbocycles. The van der Waals surface area contributed by atoms with Crippen LogP contribution >= 0.6 is 0 Å². The molecule has 0 fully saturated rings. The minimum absolute atomic E-state index is 0.269. The Kier molecular flexibility index (Phi) is 9.61. The van der Waals surface area contributed by atoms with Crippen molar-refractivity contribution in [3.8, 4) is 0 Å². The van der Waals surface area contributed by atoms with E-state index in [-0.39, 0.29) is 5.96 Å². The highest BCUT2D eigenvalue weighted by atomic mass is 16.5. The van der Waals surface area contributed by atoms with Gasteiger partial charge in [-0.25, -0.2) is 5.84 Å². The highest BCUT2D eigenvalue weighted by molar-refractivity contribution is 5.76. The number of hydrogen-bond acceptors (Lipinski definition) is 4. The van der Waals surface area contributed by atoms with Crippen LogP contribution < -0.4 is 17.0 Å². The van der Waals surface area contributed by atoms with Crippen LogP contribution in [0.1, 0.15) is 12.8 Å². The topological polar surface area (TPSA) is 94.9 Å². The van der Waals surface area contributed by atoms with Gasteiger partial charge >= 0.3 is 0 Å². The summed E-state index contributed by atoms with van der Waals surface area (Å²) in [6, 6.07) is 0. The van der Waals surface area contributed by atoms with Crippen LogP contribution in [0.3, 0.4) is 0 Å². The van der Waals surface area contributed by atoms with Crippen LogP contribution in [0.5, 0.6) is 0 Å². The summed E-state index contributed by atoms with van der Waals surface area (Å²) >= 11 is 0. The van der Waals surface area contributed by atoms with Crippen LogP contribution in [0.15, 0.2) is 4.99 Å². The van der Waals surface area contributed by atoms with Crippen molar-refractivity contribution < 1.29 is 9.47 Å². The second kappa shape index (κ2) is 10.2. The van der Waals surface area contributed by atoms with Crippen molar-refractivity contribution in [3.05, 3.63) is 0 Å². The predicted octanol–water partition coefficient (Wildman–Crippen LogP) is -0.792. The standard InChI is InChI=1S/C8H20N4O2/c1-13-6-7-14-5-3-2-4-11-8(9)12-10/h2-7,10H2,1H3,(H3,9,11,12). The Morgan fingerprint density at radius 1 is 1.29 bits per heavy atom. The summed E-state index contributed by atoms with van der Waals surface area (Å²) in [5, 5.41) is 0. The van der Waals surface area contributed by atoms with Gasteiger partial charge in [-0.05, 0) is 12.8 Å². The van der Waals surface area contributed by atoms with E-state index in [9.17, 15) is 0 Å². The molecule has 0 unspecified atom stereocenters. The van der Waals surface area contributed by atoms with Gasteiger partial charge in [-0.2, -0.15) is 0 Å². The lowest BCUT2D eigenvalue weighted by atomic mass is 10.3. The number of hydrazine groups is 1. The summed E-state index contributed by atoms with van der Waals surface area (Å²) in [5.41, 5.74) is 7.58. The van der Waals surface area contributed by atoms with Gasteiger partial charge in [-0.15, -0.1) is 0 Å². The second-order valence-electron chi connectivity index (χ2n) is 2.72. The zero-order valence-electron chi connectivity index (χ0n) is 8.66. The van der Waals surface area contributed by atoms with E-state index in [0.29, 0.717) is 19.8 Å². The zero-order valence-corrected chi connectivity index (χ0v) is 8.66. The van der Waals surface area contributed by atoms with Crippen molar-refractivity contribution in [2.45, 2.75) is 12.8 Å². The molecule has 0 aliphatic rings. The van der Waals surface area contributed by atoms with E-state index in [4.69, 9.17) is 21.1 Å². The van der Waals surface area contributed by atoms with Gasteiger partial charge in [0, 0.05) is 20.3 Å². The maximum absolute atomic E-state index is 5.32. The molecular weight excluding hydrogens is 184 g/mol. The summed E-state index contributed by atoms with van der Waals surface area (Å²) in [5.74, 6) is 5.29. The minimum Gasteiger partial charge on any atom is -0.382 e. The van der Waals surface area contributed by atoms with Crippen molar-refractivity contribution in [1.82, 2.24) is 5.43 Å². The maximum Gasteiger partial charge on any atom is 0.203 e. The van der Waals surface area contributed by atoms with Crippen molar-refractivity contribution >= 4 is 5.96 Å². The van der Waals surface area contributed by atoms with Crippen molar-refractivity contribution in [1.29, 1.82) is 0 Å². The molecule has 0 bridgehead atoms. The van der Waals surface area contributed by atoms with Crippen molar-refractivity contribution in [3.63, 3.8) is 0 Å². The highest BCUT2D eigenvalue weighted by Gasteiger charge is 1.90. The van der Waals surface area contributed by atoms with E-state index >= 15 is 0 Å². The number of aliphatic imine (C=N–C) groups is 1. The Hall–Kier alpha value is -0.850. The van der Waals surface area contributed by atoms with Gasteiger partial charge in [0.2, 0.25) is 5.96 Å². The van der Waals surface area contributed by atoms with Crippen LogP contribution in [-0.4, -0.2) is 39.4 Å². The fraction of sp³-hybridized carbons (Fsp3) is 0.875. The smallest absolute Gasteiger partial charge is 0.203 e. The molecule has 0 spiro atoms. The van der Waals surface area contributed by atoms with Crippen LogP contribution in [0.2, 0.25) is 0 Å². The van der Waals surface area contributed by atoms with Gasteiger partial charge in [0.05, 0.1) is 13.2 Å². The van der Waals surface area contributed by atoms with Crippen LogP contribution in [-0.2, 0) is 9.47 Å². The van der Waals surface area contributed by atoms with Crippen molar-refractivity contribution in [2.75, 3.05) is 33.5 Å². The number of methoxy groups -OCH3 is 1. The molecule has 0 rings (SSSR count). The van der Waals surface area contributed by atoms with Gasteiger partial charge in [0.25, 0.3) is 0 Å². The molecule has 0 aliphatic carbocycles. The number of nitrogens with one attached hydrogen (secondary N) is 1.